The third-order valence-corrected chi connectivity index (χ3v) is 6.44. The third kappa shape index (κ3) is 2.40. The summed E-state index contributed by atoms with van der Waals surface area (Å²) in [6.07, 6.45) is 5.00. The molecule has 1 rings (SSSR count). The third-order valence-electron chi connectivity index (χ3n) is 3.38. The van der Waals surface area contributed by atoms with Gasteiger partial charge in [0.2, 0.25) is 5.91 Å². The van der Waals surface area contributed by atoms with E-state index in [-0.39, 0.29) is 21.8 Å². The first kappa shape index (κ1) is 13.9. The Morgan fingerprint density at radius 2 is 1.94 bits per heavy atom. The number of nitrogens with zero attached hydrogens (tertiary/aromatic N) is 1. The van der Waals surface area contributed by atoms with E-state index in [0.717, 1.165) is 6.42 Å². The van der Waals surface area contributed by atoms with E-state index in [0.29, 0.717) is 0 Å². The summed E-state index contributed by atoms with van der Waals surface area (Å²) in [5, 5.41) is 0. The zero-order valence-corrected chi connectivity index (χ0v) is 12.1. The van der Waals surface area contributed by atoms with Gasteiger partial charge in [0, 0.05) is 7.05 Å². The van der Waals surface area contributed by atoms with Crippen molar-refractivity contribution in [2.24, 2.45) is 5.92 Å². The Hall–Kier alpha value is -0.160. The highest BCUT2D eigenvalue weighted by molar-refractivity contribution is 8.17. The molecule has 0 saturated carbocycles. The summed E-state index contributed by atoms with van der Waals surface area (Å²) >= 11 is 3.56. The molecule has 1 aliphatic heterocycles. The summed E-state index contributed by atoms with van der Waals surface area (Å²) in [4.78, 5) is 24.7. The predicted octanol–water partition coefficient (Wildman–Crippen LogP) is 1.86. The molecule has 0 radical (unpaired) electrons. The number of hydrogen-bond donors (Lipinski definition) is 0. The van der Waals surface area contributed by atoms with Crippen LogP contribution in [0.5, 0.6) is 0 Å². The summed E-state index contributed by atoms with van der Waals surface area (Å²) in [6, 6.07) is 0.0786. The average molecular weight is 261 g/mol. The number of likely N-dealkylation sites (tertiary alicyclic amines) is 1. The van der Waals surface area contributed by atoms with Crippen molar-refractivity contribution < 1.29 is 9.59 Å². The van der Waals surface area contributed by atoms with Gasteiger partial charge in [0.05, 0.1) is 10.1 Å². The Labute approximate surface area is 106 Å². The Morgan fingerprint density at radius 1 is 1.44 bits per heavy atom. The lowest BCUT2D eigenvalue weighted by Crippen LogP contribution is -2.62. The molecule has 1 fully saturated rings. The Bertz CT molecular complexity index is 302. The maximum Gasteiger partial charge on any atom is 0.235 e. The number of Topliss-reactive ketones (excluding diaryl/α,β-unsaturated/α-hetero) is 1. The first-order valence-electron chi connectivity index (χ1n) is 5.23. The van der Waals surface area contributed by atoms with Crippen molar-refractivity contribution in [1.82, 2.24) is 4.90 Å². The Kier molecular flexibility index (Phi) is 4.35. The highest BCUT2D eigenvalue weighted by Crippen LogP contribution is 2.42. The van der Waals surface area contributed by atoms with E-state index in [1.165, 1.54) is 6.92 Å². The van der Waals surface area contributed by atoms with Crippen molar-refractivity contribution in [2.45, 2.75) is 30.4 Å². The molecule has 0 aromatic rings. The molecule has 0 aromatic heterocycles. The van der Waals surface area contributed by atoms with Gasteiger partial charge in [-0.25, -0.2) is 0 Å². The van der Waals surface area contributed by atoms with Gasteiger partial charge in [-0.1, -0.05) is 0 Å². The average Bonchev–Trinajstić information content (AvgIpc) is 2.27. The molecule has 1 saturated heterocycles. The van der Waals surface area contributed by atoms with Gasteiger partial charge in [-0.2, -0.15) is 0 Å². The summed E-state index contributed by atoms with van der Waals surface area (Å²) < 4.78 is 0.0767. The molecule has 16 heavy (non-hydrogen) atoms. The molecular formula is C11H19NO2S2. The Balaban J connectivity index is 2.73. The number of thioether (sulfide) groups is 2. The molecule has 2 atom stereocenters. The van der Waals surface area contributed by atoms with Crippen LogP contribution in [0.1, 0.15) is 20.3 Å². The number of ketones is 1. The fourth-order valence-corrected chi connectivity index (χ4v) is 3.36. The van der Waals surface area contributed by atoms with Crippen LogP contribution in [0, 0.1) is 5.92 Å². The monoisotopic (exact) mass is 261 g/mol. The fourth-order valence-electron chi connectivity index (χ4n) is 2.02. The normalized spacial score (nSPS) is 25.6. The quantitative estimate of drug-likeness (QED) is 0.430. The molecule has 0 aromatic carbocycles. The van der Waals surface area contributed by atoms with Gasteiger partial charge >= 0.3 is 0 Å². The molecule has 0 aliphatic carbocycles. The van der Waals surface area contributed by atoms with Crippen LogP contribution in [-0.4, -0.2) is 46.3 Å². The van der Waals surface area contributed by atoms with Crippen LogP contribution in [0.15, 0.2) is 0 Å². The van der Waals surface area contributed by atoms with Crippen molar-refractivity contribution in [3.63, 3.8) is 0 Å². The van der Waals surface area contributed by atoms with Crippen molar-refractivity contribution >= 4 is 35.2 Å². The van der Waals surface area contributed by atoms with Crippen LogP contribution in [0.4, 0.5) is 0 Å². The van der Waals surface area contributed by atoms with Crippen LogP contribution in [-0.2, 0) is 9.59 Å². The second kappa shape index (κ2) is 5.00. The fraction of sp³-hybridized carbons (Fsp3) is 0.818. The summed E-state index contributed by atoms with van der Waals surface area (Å²) in [7, 11) is 1.79. The largest absolute Gasteiger partial charge is 0.341 e. The van der Waals surface area contributed by atoms with E-state index >= 15 is 0 Å². The van der Waals surface area contributed by atoms with E-state index in [4.69, 9.17) is 0 Å². The minimum atomic E-state index is -0.399. The van der Waals surface area contributed by atoms with Crippen LogP contribution in [0.3, 0.4) is 0 Å². The molecule has 1 heterocycles. The van der Waals surface area contributed by atoms with Gasteiger partial charge in [0.1, 0.15) is 11.7 Å². The minimum Gasteiger partial charge on any atom is -0.341 e. The minimum absolute atomic E-state index is 0.00217. The highest BCUT2D eigenvalue weighted by Gasteiger charge is 2.49. The van der Waals surface area contributed by atoms with Crippen molar-refractivity contribution in [3.05, 3.63) is 0 Å². The summed E-state index contributed by atoms with van der Waals surface area (Å²) in [6.45, 7) is 3.67. The number of amides is 1. The standard InChI is InChI=1S/C11H19NO2S2/c1-7(13)9-8(12(3)10(9)14)6-11(2,15-4)16-5/h8-9H,6H2,1-5H3. The molecule has 92 valence electrons. The predicted molar refractivity (Wildman–Crippen MR) is 70.8 cm³/mol. The van der Waals surface area contributed by atoms with Crippen LogP contribution in [0.2, 0.25) is 0 Å². The van der Waals surface area contributed by atoms with E-state index < -0.39 is 5.92 Å². The van der Waals surface area contributed by atoms with Gasteiger partial charge in [-0.15, -0.1) is 23.5 Å². The van der Waals surface area contributed by atoms with Gasteiger partial charge in [0.25, 0.3) is 0 Å². The van der Waals surface area contributed by atoms with Crippen LogP contribution in [0.25, 0.3) is 0 Å². The zero-order chi connectivity index (χ0) is 12.5. The second-order valence-electron chi connectivity index (χ2n) is 4.35. The van der Waals surface area contributed by atoms with Gasteiger partial charge in [-0.05, 0) is 32.8 Å². The van der Waals surface area contributed by atoms with Crippen LogP contribution < -0.4 is 0 Å². The smallest absolute Gasteiger partial charge is 0.235 e. The van der Waals surface area contributed by atoms with Crippen LogP contribution >= 0.6 is 23.5 Å². The molecular weight excluding hydrogens is 242 g/mol. The molecule has 0 bridgehead atoms. The zero-order valence-electron chi connectivity index (χ0n) is 10.4. The lowest BCUT2D eigenvalue weighted by Gasteiger charge is -2.47. The molecule has 3 nitrogen and oxygen atoms in total. The lowest BCUT2D eigenvalue weighted by atomic mass is 9.82. The molecule has 1 amide bonds. The van der Waals surface area contributed by atoms with Crippen molar-refractivity contribution in [2.75, 3.05) is 19.6 Å². The number of rotatable bonds is 5. The van der Waals surface area contributed by atoms with E-state index in [9.17, 15) is 9.59 Å². The molecule has 5 heteroatoms. The topological polar surface area (TPSA) is 37.4 Å². The number of hydrogen-bond acceptors (Lipinski definition) is 4. The first-order valence-corrected chi connectivity index (χ1v) is 7.68. The van der Waals surface area contributed by atoms with Gasteiger partial charge < -0.3 is 4.90 Å². The maximum absolute atomic E-state index is 11.6. The van der Waals surface area contributed by atoms with E-state index in [1.807, 2.05) is 0 Å². The number of β-lactam (4-membered cyclic amide) rings is 1. The maximum atomic E-state index is 11.6. The van der Waals surface area contributed by atoms with Gasteiger partial charge in [-0.3, -0.25) is 9.59 Å². The number of carbonyl (C=O) groups excluding carboxylic acids is 2. The Morgan fingerprint density at radius 3 is 2.31 bits per heavy atom. The second-order valence-corrected chi connectivity index (χ2v) is 7.23. The van der Waals surface area contributed by atoms with Crippen molar-refractivity contribution in [1.29, 1.82) is 0 Å². The molecule has 0 spiro atoms. The number of carbonyl (C=O) groups is 2. The molecule has 2 unspecified atom stereocenters. The summed E-state index contributed by atoms with van der Waals surface area (Å²) in [5.41, 5.74) is 0. The van der Waals surface area contributed by atoms with Crippen molar-refractivity contribution in [3.8, 4) is 0 Å². The first-order chi connectivity index (χ1) is 7.36. The molecule has 0 N–H and O–H groups in total. The highest BCUT2D eigenvalue weighted by atomic mass is 32.2. The van der Waals surface area contributed by atoms with Gasteiger partial charge in [0.15, 0.2) is 0 Å². The summed E-state index contributed by atoms with van der Waals surface area (Å²) in [5.74, 6) is -0.427. The van der Waals surface area contributed by atoms with E-state index in [2.05, 4.69) is 19.4 Å². The molecule has 1 aliphatic rings. The lowest BCUT2D eigenvalue weighted by molar-refractivity contribution is -0.158. The SMILES string of the molecule is CSC(C)(CC1C(C(C)=O)C(=O)N1C)SC. The van der Waals surface area contributed by atoms with E-state index in [1.54, 1.807) is 35.5 Å².